The van der Waals surface area contributed by atoms with Crippen molar-refractivity contribution in [3.63, 3.8) is 0 Å². The number of rotatable bonds is 11. The van der Waals surface area contributed by atoms with Gasteiger partial charge in [-0.2, -0.15) is 0 Å². The Morgan fingerprint density at radius 1 is 0.978 bits per heavy atom. The minimum absolute atomic E-state index is 0.0641. The number of ketones is 1. The smallest absolute Gasteiger partial charge is 0.410 e. The molecule has 0 spiro atoms. The molecule has 3 aromatic rings. The molecular weight excluding hydrogens is 578 g/mol. The average Bonchev–Trinajstić information content (AvgIpc) is 3.57. The molecule has 0 saturated carbocycles. The molecule has 12 nitrogen and oxygen atoms in total. The third kappa shape index (κ3) is 7.22. The van der Waals surface area contributed by atoms with Gasteiger partial charge in [-0.3, -0.25) is 14.5 Å². The van der Waals surface area contributed by atoms with Gasteiger partial charge >= 0.3 is 6.09 Å². The van der Waals surface area contributed by atoms with Gasteiger partial charge in [-0.15, -0.1) is 0 Å². The summed E-state index contributed by atoms with van der Waals surface area (Å²) < 4.78 is 22.2. The number of likely N-dealkylation sites (tertiary alicyclic amines) is 1. The van der Waals surface area contributed by atoms with E-state index in [1.807, 2.05) is 26.8 Å². The predicted octanol–water partition coefficient (Wildman–Crippen LogP) is 4.24. The number of benzene rings is 2. The van der Waals surface area contributed by atoms with Crippen LogP contribution in [-0.2, 0) is 16.0 Å². The zero-order valence-electron chi connectivity index (χ0n) is 26.8. The van der Waals surface area contributed by atoms with E-state index in [0.717, 1.165) is 0 Å². The number of imidazole rings is 1. The van der Waals surface area contributed by atoms with Gasteiger partial charge in [0.05, 0.1) is 27.9 Å². The Labute approximate surface area is 263 Å². The molecule has 2 aromatic carbocycles. The molecule has 1 unspecified atom stereocenters. The number of aromatic amines is 1. The second-order valence-electron chi connectivity index (χ2n) is 11.9. The first-order valence-electron chi connectivity index (χ1n) is 14.9. The van der Waals surface area contributed by atoms with Crippen LogP contribution in [0.3, 0.4) is 0 Å². The average molecular weight is 622 g/mol. The maximum absolute atomic E-state index is 15.2. The van der Waals surface area contributed by atoms with Gasteiger partial charge in [-0.05, 0) is 75.4 Å². The van der Waals surface area contributed by atoms with E-state index in [1.54, 1.807) is 68.8 Å². The first-order valence-corrected chi connectivity index (χ1v) is 14.9. The van der Waals surface area contributed by atoms with Gasteiger partial charge in [0.1, 0.15) is 28.4 Å². The molecule has 1 saturated heterocycles. The largest absolute Gasteiger partial charge is 0.497 e. The SMILES string of the molecule is COc1ccc(C(=O)C(Cc2ccc(OC)cc2OC)(C2CCN(C(=O)OC(C)(C)C)CC2)N(C(=O)CN)c2ncc[nH]2)cc1. The summed E-state index contributed by atoms with van der Waals surface area (Å²) in [5.74, 6) is 0.611. The summed E-state index contributed by atoms with van der Waals surface area (Å²) in [6.07, 6.45) is 3.55. The van der Waals surface area contributed by atoms with Crippen LogP contribution in [0, 0.1) is 5.92 Å². The van der Waals surface area contributed by atoms with E-state index < -0.39 is 29.1 Å². The third-order valence-electron chi connectivity index (χ3n) is 8.04. The molecule has 0 bridgehead atoms. The highest BCUT2D eigenvalue weighted by molar-refractivity contribution is 6.11. The van der Waals surface area contributed by atoms with Gasteiger partial charge in [0.15, 0.2) is 5.78 Å². The van der Waals surface area contributed by atoms with Crippen LogP contribution < -0.4 is 24.8 Å². The highest BCUT2D eigenvalue weighted by Gasteiger charge is 2.54. The number of anilines is 1. The Morgan fingerprint density at radius 2 is 1.62 bits per heavy atom. The zero-order valence-corrected chi connectivity index (χ0v) is 26.8. The first kappa shape index (κ1) is 33.3. The summed E-state index contributed by atoms with van der Waals surface area (Å²) >= 11 is 0. The molecule has 1 fully saturated rings. The Hall–Kier alpha value is -4.58. The van der Waals surface area contributed by atoms with Crippen molar-refractivity contribution in [2.24, 2.45) is 11.7 Å². The molecular formula is C33H43N5O7. The van der Waals surface area contributed by atoms with Crippen molar-refractivity contribution in [3.05, 3.63) is 66.0 Å². The highest BCUT2D eigenvalue weighted by Crippen LogP contribution is 2.43. The van der Waals surface area contributed by atoms with Crippen molar-refractivity contribution < 1.29 is 33.3 Å². The van der Waals surface area contributed by atoms with Crippen LogP contribution in [0.5, 0.6) is 17.2 Å². The van der Waals surface area contributed by atoms with Crippen molar-refractivity contribution >= 4 is 23.7 Å². The van der Waals surface area contributed by atoms with Gasteiger partial charge in [0, 0.05) is 43.5 Å². The molecule has 4 rings (SSSR count). The molecule has 2 heterocycles. The monoisotopic (exact) mass is 621 g/mol. The molecule has 0 radical (unpaired) electrons. The van der Waals surface area contributed by atoms with E-state index in [4.69, 9.17) is 24.7 Å². The fourth-order valence-electron chi connectivity index (χ4n) is 5.92. The summed E-state index contributed by atoms with van der Waals surface area (Å²) in [7, 11) is 4.65. The number of piperidine rings is 1. The third-order valence-corrected chi connectivity index (χ3v) is 8.04. The normalized spacial score (nSPS) is 15.1. The Kier molecular flexibility index (Phi) is 10.4. The number of carbonyl (C=O) groups is 3. The molecule has 242 valence electrons. The van der Waals surface area contributed by atoms with E-state index in [2.05, 4.69) is 9.97 Å². The summed E-state index contributed by atoms with van der Waals surface area (Å²) in [4.78, 5) is 52.6. The lowest BCUT2D eigenvalue weighted by molar-refractivity contribution is -0.119. The van der Waals surface area contributed by atoms with Crippen LogP contribution in [0.1, 0.15) is 49.5 Å². The van der Waals surface area contributed by atoms with E-state index in [-0.39, 0.29) is 24.7 Å². The number of ether oxygens (including phenoxy) is 4. The maximum atomic E-state index is 15.2. The van der Waals surface area contributed by atoms with Crippen LogP contribution in [0.2, 0.25) is 0 Å². The number of methoxy groups -OCH3 is 3. The van der Waals surface area contributed by atoms with Crippen LogP contribution in [0.25, 0.3) is 0 Å². The molecule has 1 atom stereocenters. The maximum Gasteiger partial charge on any atom is 0.410 e. The lowest BCUT2D eigenvalue weighted by atomic mass is 9.68. The van der Waals surface area contributed by atoms with Gasteiger partial charge < -0.3 is 34.6 Å². The minimum atomic E-state index is -1.54. The summed E-state index contributed by atoms with van der Waals surface area (Å²) in [6.45, 7) is 5.72. The Bertz CT molecular complexity index is 1460. The Morgan fingerprint density at radius 3 is 2.16 bits per heavy atom. The topological polar surface area (TPSA) is 149 Å². The van der Waals surface area contributed by atoms with E-state index in [0.29, 0.717) is 54.3 Å². The van der Waals surface area contributed by atoms with Crippen LogP contribution >= 0.6 is 0 Å². The van der Waals surface area contributed by atoms with Crippen molar-refractivity contribution in [1.29, 1.82) is 0 Å². The lowest BCUT2D eigenvalue weighted by Gasteiger charge is -2.49. The molecule has 1 aromatic heterocycles. The number of nitrogens with two attached hydrogens (primary N) is 1. The summed E-state index contributed by atoms with van der Waals surface area (Å²) in [6, 6.07) is 12.1. The number of hydrogen-bond acceptors (Lipinski definition) is 9. The van der Waals surface area contributed by atoms with Gasteiger partial charge in [-0.25, -0.2) is 9.78 Å². The number of amides is 2. The number of carbonyl (C=O) groups excluding carboxylic acids is 3. The van der Waals surface area contributed by atoms with E-state index in [1.165, 1.54) is 11.1 Å². The molecule has 12 heteroatoms. The Balaban J connectivity index is 1.92. The molecule has 45 heavy (non-hydrogen) atoms. The number of aromatic nitrogens is 2. The van der Waals surface area contributed by atoms with Gasteiger partial charge in [-0.1, -0.05) is 6.07 Å². The predicted molar refractivity (Wildman–Crippen MR) is 169 cm³/mol. The lowest BCUT2D eigenvalue weighted by Crippen LogP contribution is -2.66. The zero-order chi connectivity index (χ0) is 32.8. The van der Waals surface area contributed by atoms with Crippen LogP contribution in [0.4, 0.5) is 10.7 Å². The summed E-state index contributed by atoms with van der Waals surface area (Å²) in [5, 5.41) is 0. The molecule has 1 aliphatic rings. The number of nitrogens with zero attached hydrogens (tertiary/aromatic N) is 3. The molecule has 0 aliphatic carbocycles. The second-order valence-corrected chi connectivity index (χ2v) is 11.9. The van der Waals surface area contributed by atoms with E-state index >= 15 is 4.79 Å². The number of hydrogen-bond donors (Lipinski definition) is 2. The fraction of sp³-hybridized carbons (Fsp3) is 0.455. The molecule has 1 aliphatic heterocycles. The van der Waals surface area contributed by atoms with Crippen LogP contribution in [-0.4, -0.2) is 84.8 Å². The number of Topliss-reactive ketones (excluding diaryl/α,β-unsaturated/α-hetero) is 1. The molecule has 3 N–H and O–H groups in total. The van der Waals surface area contributed by atoms with Gasteiger partial charge in [0.2, 0.25) is 11.9 Å². The van der Waals surface area contributed by atoms with Crippen molar-refractivity contribution in [3.8, 4) is 17.2 Å². The quantitative estimate of drug-likeness (QED) is 0.300. The fourth-order valence-corrected chi connectivity index (χ4v) is 5.92. The summed E-state index contributed by atoms with van der Waals surface area (Å²) in [5.41, 5.74) is 4.88. The van der Waals surface area contributed by atoms with Crippen molar-refractivity contribution in [1.82, 2.24) is 14.9 Å². The van der Waals surface area contributed by atoms with Crippen molar-refractivity contribution in [2.45, 2.75) is 51.2 Å². The minimum Gasteiger partial charge on any atom is -0.497 e. The second kappa shape index (κ2) is 14.0. The number of H-pyrrole nitrogens is 1. The number of nitrogens with one attached hydrogen (secondary N) is 1. The van der Waals surface area contributed by atoms with Crippen molar-refractivity contribution in [2.75, 3.05) is 45.9 Å². The van der Waals surface area contributed by atoms with Gasteiger partial charge in [0.25, 0.3) is 0 Å². The van der Waals surface area contributed by atoms with E-state index in [9.17, 15) is 9.59 Å². The highest BCUT2D eigenvalue weighted by atomic mass is 16.6. The molecule has 2 amide bonds. The standard InChI is InChI=1S/C33H43N5O7/c1-32(2,3)45-31(41)37-17-13-24(14-18-37)33(29(40)22-7-10-25(42-4)11-8-22,38(28(39)21-34)30-35-15-16-36-30)20-23-9-12-26(43-5)19-27(23)44-6/h7-12,15-16,19,24H,13-14,17-18,20-21,34H2,1-6H3,(H,35,36). The van der Waals surface area contributed by atoms with Crippen LogP contribution in [0.15, 0.2) is 54.9 Å². The first-order chi connectivity index (χ1) is 21.5.